The average molecular weight is 213 g/mol. The molecule has 0 radical (unpaired) electrons. The fourth-order valence-corrected chi connectivity index (χ4v) is 1.85. The maximum absolute atomic E-state index is 11.5. The van der Waals surface area contributed by atoms with Crippen molar-refractivity contribution < 1.29 is 4.79 Å². The number of nitrogens with two attached hydrogens (primary N) is 1. The Kier molecular flexibility index (Phi) is 9.91. The Bertz CT molecular complexity index is 157. The zero-order valence-corrected chi connectivity index (χ0v) is 10.4. The summed E-state index contributed by atoms with van der Waals surface area (Å²) in [5, 5.41) is 0. The first-order valence-corrected chi connectivity index (χ1v) is 6.46. The minimum atomic E-state index is 0.443. The van der Waals surface area contributed by atoms with Crippen LogP contribution in [0.4, 0.5) is 0 Å². The third-order valence-electron chi connectivity index (χ3n) is 3.04. The van der Waals surface area contributed by atoms with Crippen LogP contribution in [0.5, 0.6) is 0 Å². The highest BCUT2D eigenvalue weighted by molar-refractivity contribution is 5.78. The summed E-state index contributed by atoms with van der Waals surface area (Å²) in [6.45, 7) is 5.10. The third-order valence-corrected chi connectivity index (χ3v) is 3.04. The third kappa shape index (κ3) is 8.61. The van der Waals surface area contributed by atoms with Crippen LogP contribution in [-0.2, 0) is 4.79 Å². The highest BCUT2D eigenvalue weighted by Gasteiger charge is 2.08. The molecule has 0 aliphatic rings. The van der Waals surface area contributed by atoms with Gasteiger partial charge in [-0.25, -0.2) is 0 Å². The minimum Gasteiger partial charge on any atom is -0.330 e. The number of carbonyl (C=O) groups is 1. The van der Waals surface area contributed by atoms with Gasteiger partial charge in [0, 0.05) is 12.8 Å². The molecule has 2 nitrogen and oxygen atoms in total. The van der Waals surface area contributed by atoms with Crippen molar-refractivity contribution in [1.29, 1.82) is 0 Å². The summed E-state index contributed by atoms with van der Waals surface area (Å²) >= 11 is 0. The Morgan fingerprint density at radius 3 is 2.40 bits per heavy atom. The van der Waals surface area contributed by atoms with E-state index in [1.807, 2.05) is 0 Å². The molecule has 0 amide bonds. The molecular weight excluding hydrogens is 186 g/mol. The van der Waals surface area contributed by atoms with Gasteiger partial charge >= 0.3 is 0 Å². The fourth-order valence-electron chi connectivity index (χ4n) is 1.85. The molecular formula is C13H27NO. The lowest BCUT2D eigenvalue weighted by Gasteiger charge is -2.12. The van der Waals surface area contributed by atoms with Gasteiger partial charge in [-0.2, -0.15) is 0 Å². The first-order chi connectivity index (χ1) is 7.24. The van der Waals surface area contributed by atoms with Crippen molar-refractivity contribution in [3.63, 3.8) is 0 Å². The van der Waals surface area contributed by atoms with Gasteiger partial charge in [-0.3, -0.25) is 4.79 Å². The topological polar surface area (TPSA) is 43.1 Å². The van der Waals surface area contributed by atoms with Crippen LogP contribution in [-0.4, -0.2) is 12.3 Å². The monoisotopic (exact) mass is 213 g/mol. The van der Waals surface area contributed by atoms with Crippen LogP contribution in [0.15, 0.2) is 0 Å². The molecule has 90 valence electrons. The summed E-state index contributed by atoms with van der Waals surface area (Å²) < 4.78 is 0. The fraction of sp³-hybridized carbons (Fsp3) is 0.923. The molecule has 0 aromatic heterocycles. The zero-order valence-electron chi connectivity index (χ0n) is 10.4. The molecule has 0 saturated heterocycles. The standard InChI is InChI=1S/C13H27NO/c1-3-5-6-7-13(15)9-8-12(4-2)10-11-14/h12H,3-11,14H2,1-2H3. The highest BCUT2D eigenvalue weighted by Crippen LogP contribution is 2.15. The minimum absolute atomic E-state index is 0.443. The summed E-state index contributed by atoms with van der Waals surface area (Å²) in [4.78, 5) is 11.5. The Balaban J connectivity index is 3.50. The maximum Gasteiger partial charge on any atom is 0.132 e. The van der Waals surface area contributed by atoms with E-state index in [9.17, 15) is 4.79 Å². The molecule has 1 atom stereocenters. The number of hydrogen-bond acceptors (Lipinski definition) is 2. The molecule has 0 aliphatic heterocycles. The average Bonchev–Trinajstić information content (AvgIpc) is 2.24. The molecule has 1 unspecified atom stereocenters. The van der Waals surface area contributed by atoms with Crippen LogP contribution in [0.3, 0.4) is 0 Å². The Hall–Kier alpha value is -0.370. The van der Waals surface area contributed by atoms with Crippen LogP contribution in [0.1, 0.15) is 65.2 Å². The van der Waals surface area contributed by atoms with Gasteiger partial charge in [0.15, 0.2) is 0 Å². The van der Waals surface area contributed by atoms with E-state index in [1.165, 1.54) is 12.8 Å². The van der Waals surface area contributed by atoms with Crippen molar-refractivity contribution in [2.75, 3.05) is 6.54 Å². The Morgan fingerprint density at radius 2 is 1.87 bits per heavy atom. The summed E-state index contributed by atoms with van der Waals surface area (Å²) in [5.41, 5.74) is 5.52. The SMILES string of the molecule is CCCCCC(=O)CCC(CC)CCN. The van der Waals surface area contributed by atoms with E-state index in [0.29, 0.717) is 11.7 Å². The van der Waals surface area contributed by atoms with Gasteiger partial charge in [-0.1, -0.05) is 33.1 Å². The summed E-state index contributed by atoms with van der Waals surface area (Å²) in [5.74, 6) is 1.10. The number of hydrogen-bond donors (Lipinski definition) is 1. The lowest BCUT2D eigenvalue weighted by atomic mass is 9.94. The first kappa shape index (κ1) is 14.6. The van der Waals surface area contributed by atoms with Gasteiger partial charge in [-0.05, 0) is 31.7 Å². The van der Waals surface area contributed by atoms with Gasteiger partial charge in [0.25, 0.3) is 0 Å². The molecule has 0 saturated carbocycles. The van der Waals surface area contributed by atoms with Crippen LogP contribution in [0, 0.1) is 5.92 Å². The predicted molar refractivity (Wildman–Crippen MR) is 65.8 cm³/mol. The van der Waals surface area contributed by atoms with E-state index in [-0.39, 0.29) is 0 Å². The van der Waals surface area contributed by atoms with Crippen molar-refractivity contribution in [3.05, 3.63) is 0 Å². The van der Waals surface area contributed by atoms with Crippen molar-refractivity contribution in [2.24, 2.45) is 11.7 Å². The van der Waals surface area contributed by atoms with E-state index < -0.39 is 0 Å². The normalized spacial score (nSPS) is 12.7. The Labute approximate surface area is 94.6 Å². The van der Waals surface area contributed by atoms with Crippen molar-refractivity contribution in [2.45, 2.75) is 65.2 Å². The van der Waals surface area contributed by atoms with Gasteiger partial charge < -0.3 is 5.73 Å². The van der Waals surface area contributed by atoms with E-state index in [2.05, 4.69) is 13.8 Å². The molecule has 0 spiro atoms. The lowest BCUT2D eigenvalue weighted by molar-refractivity contribution is -0.119. The second-order valence-corrected chi connectivity index (χ2v) is 4.39. The largest absolute Gasteiger partial charge is 0.330 e. The summed E-state index contributed by atoms with van der Waals surface area (Å²) in [6.07, 6.45) is 8.26. The van der Waals surface area contributed by atoms with E-state index in [4.69, 9.17) is 5.73 Å². The van der Waals surface area contributed by atoms with Gasteiger partial charge in [-0.15, -0.1) is 0 Å². The van der Waals surface area contributed by atoms with E-state index in [1.54, 1.807) is 0 Å². The second-order valence-electron chi connectivity index (χ2n) is 4.39. The smallest absolute Gasteiger partial charge is 0.132 e. The van der Waals surface area contributed by atoms with Crippen molar-refractivity contribution in [1.82, 2.24) is 0 Å². The highest BCUT2D eigenvalue weighted by atomic mass is 16.1. The first-order valence-electron chi connectivity index (χ1n) is 6.46. The van der Waals surface area contributed by atoms with E-state index in [0.717, 1.165) is 45.1 Å². The molecule has 2 heteroatoms. The maximum atomic E-state index is 11.5. The van der Waals surface area contributed by atoms with Crippen molar-refractivity contribution >= 4 is 5.78 Å². The number of ketones is 1. The lowest BCUT2D eigenvalue weighted by Crippen LogP contribution is -2.10. The van der Waals surface area contributed by atoms with Gasteiger partial charge in [0.05, 0.1) is 0 Å². The molecule has 0 aromatic carbocycles. The van der Waals surface area contributed by atoms with Crippen LogP contribution in [0.2, 0.25) is 0 Å². The Morgan fingerprint density at radius 1 is 1.13 bits per heavy atom. The number of unbranched alkanes of at least 4 members (excludes halogenated alkanes) is 2. The predicted octanol–water partition coefficient (Wildman–Crippen LogP) is 3.29. The molecule has 0 rings (SSSR count). The molecule has 2 N–H and O–H groups in total. The zero-order chi connectivity index (χ0) is 11.5. The van der Waals surface area contributed by atoms with E-state index >= 15 is 0 Å². The molecule has 0 fully saturated rings. The summed E-state index contributed by atoms with van der Waals surface area (Å²) in [7, 11) is 0. The van der Waals surface area contributed by atoms with Crippen LogP contribution in [0.25, 0.3) is 0 Å². The number of Topliss-reactive ketones (excluding diaryl/α,β-unsaturated/α-hetero) is 1. The number of carbonyl (C=O) groups excluding carboxylic acids is 1. The second kappa shape index (κ2) is 10.2. The number of rotatable bonds is 10. The van der Waals surface area contributed by atoms with Crippen molar-refractivity contribution in [3.8, 4) is 0 Å². The molecule has 0 heterocycles. The van der Waals surface area contributed by atoms with Crippen LogP contribution >= 0.6 is 0 Å². The molecule has 0 aromatic rings. The molecule has 15 heavy (non-hydrogen) atoms. The van der Waals surface area contributed by atoms with Crippen LogP contribution < -0.4 is 5.73 Å². The summed E-state index contributed by atoms with van der Waals surface area (Å²) in [6, 6.07) is 0. The van der Waals surface area contributed by atoms with Gasteiger partial charge in [0.1, 0.15) is 5.78 Å². The van der Waals surface area contributed by atoms with Gasteiger partial charge in [0.2, 0.25) is 0 Å². The quantitative estimate of drug-likeness (QED) is 0.566. The molecule has 0 bridgehead atoms. The molecule has 0 aliphatic carbocycles.